The van der Waals surface area contributed by atoms with Gasteiger partial charge in [0, 0.05) is 6.42 Å². The van der Waals surface area contributed by atoms with E-state index in [1.54, 1.807) is 0 Å². The summed E-state index contributed by atoms with van der Waals surface area (Å²) in [6.45, 7) is 0. The van der Waals surface area contributed by atoms with Gasteiger partial charge in [0.15, 0.2) is 5.69 Å². The lowest BCUT2D eigenvalue weighted by atomic mass is 10.1. The number of esters is 3. The predicted octanol–water partition coefficient (Wildman–Crippen LogP) is 0.479. The van der Waals surface area contributed by atoms with Crippen molar-refractivity contribution in [2.45, 2.75) is 19.3 Å². The second kappa shape index (κ2) is 7.27. The van der Waals surface area contributed by atoms with Crippen LogP contribution >= 0.6 is 0 Å². The number of methoxy groups -OCH3 is 3. The monoisotopic (exact) mass is 284 g/mol. The molecule has 0 aliphatic carbocycles. The second-order valence-corrected chi connectivity index (χ2v) is 3.84. The number of carbonyl (C=O) groups is 3. The van der Waals surface area contributed by atoms with Crippen LogP contribution in [0.25, 0.3) is 0 Å². The summed E-state index contributed by atoms with van der Waals surface area (Å²) in [7, 11) is 3.69. The van der Waals surface area contributed by atoms with E-state index in [0.717, 1.165) is 0 Å². The summed E-state index contributed by atoms with van der Waals surface area (Å²) in [5.41, 5.74) is 0.317. The summed E-state index contributed by atoms with van der Waals surface area (Å²) in [5, 5.41) is 6.35. The molecule has 0 atom stereocenters. The Morgan fingerprint density at radius 2 is 1.70 bits per heavy atom. The zero-order valence-electron chi connectivity index (χ0n) is 11.5. The Hall–Kier alpha value is -2.38. The lowest BCUT2D eigenvalue weighted by molar-refractivity contribution is -0.140. The largest absolute Gasteiger partial charge is 0.469 e. The molecule has 0 radical (unpaired) electrons. The smallest absolute Gasteiger partial charge is 0.359 e. The summed E-state index contributed by atoms with van der Waals surface area (Å²) in [4.78, 5) is 34.2. The molecule has 0 aromatic carbocycles. The van der Waals surface area contributed by atoms with Crippen LogP contribution < -0.4 is 0 Å². The molecular formula is C12H16N2O6. The Bertz CT molecular complexity index is 508. The number of aryl methyl sites for hydroxylation is 1. The third-order valence-electron chi connectivity index (χ3n) is 2.64. The first-order chi connectivity index (χ1) is 9.54. The van der Waals surface area contributed by atoms with Crippen LogP contribution in [0.3, 0.4) is 0 Å². The molecule has 1 N–H and O–H groups in total. The van der Waals surface area contributed by atoms with E-state index in [-0.39, 0.29) is 23.6 Å². The van der Waals surface area contributed by atoms with Gasteiger partial charge in [0.2, 0.25) is 0 Å². The van der Waals surface area contributed by atoms with Gasteiger partial charge in [-0.05, 0) is 12.8 Å². The molecule has 8 heteroatoms. The normalized spacial score (nSPS) is 9.95. The van der Waals surface area contributed by atoms with Crippen LogP contribution in [0.4, 0.5) is 0 Å². The molecule has 0 bridgehead atoms. The number of nitrogens with zero attached hydrogens (tertiary/aromatic N) is 1. The second-order valence-electron chi connectivity index (χ2n) is 3.84. The number of aromatic amines is 1. The number of ether oxygens (including phenoxy) is 3. The molecule has 110 valence electrons. The lowest BCUT2D eigenvalue weighted by Crippen LogP contribution is -2.12. The van der Waals surface area contributed by atoms with Crippen LogP contribution in [0.15, 0.2) is 0 Å². The van der Waals surface area contributed by atoms with E-state index in [1.165, 1.54) is 21.3 Å². The average Bonchev–Trinajstić information content (AvgIpc) is 2.89. The van der Waals surface area contributed by atoms with Crippen molar-refractivity contribution >= 4 is 17.9 Å². The van der Waals surface area contributed by atoms with Gasteiger partial charge in [0.1, 0.15) is 5.56 Å². The summed E-state index contributed by atoms with van der Waals surface area (Å²) in [6, 6.07) is 0. The van der Waals surface area contributed by atoms with Crippen LogP contribution in [0.1, 0.15) is 39.4 Å². The molecule has 0 aliphatic rings. The quantitative estimate of drug-likeness (QED) is 0.597. The molecule has 1 rings (SSSR count). The fourth-order valence-electron chi connectivity index (χ4n) is 1.64. The molecule has 8 nitrogen and oxygen atoms in total. The SMILES string of the molecule is COC(=O)CCCc1[nH]nc(C(=O)OC)c1C(=O)OC. The summed E-state index contributed by atoms with van der Waals surface area (Å²) >= 11 is 0. The minimum Gasteiger partial charge on any atom is -0.469 e. The molecule has 0 aliphatic heterocycles. The Labute approximate surface area is 115 Å². The summed E-state index contributed by atoms with van der Waals surface area (Å²) < 4.78 is 13.7. The maximum absolute atomic E-state index is 11.7. The highest BCUT2D eigenvalue weighted by molar-refractivity contribution is 6.02. The van der Waals surface area contributed by atoms with Crippen molar-refractivity contribution in [2.24, 2.45) is 0 Å². The highest BCUT2D eigenvalue weighted by Gasteiger charge is 2.26. The highest BCUT2D eigenvalue weighted by Crippen LogP contribution is 2.16. The van der Waals surface area contributed by atoms with Gasteiger partial charge in [0.25, 0.3) is 0 Å². The fourth-order valence-corrected chi connectivity index (χ4v) is 1.64. The third-order valence-corrected chi connectivity index (χ3v) is 2.64. The first-order valence-electron chi connectivity index (χ1n) is 5.85. The van der Waals surface area contributed by atoms with Crippen molar-refractivity contribution in [2.75, 3.05) is 21.3 Å². The topological polar surface area (TPSA) is 108 Å². The van der Waals surface area contributed by atoms with Crippen LogP contribution in [0.2, 0.25) is 0 Å². The number of nitrogens with one attached hydrogen (secondary N) is 1. The van der Waals surface area contributed by atoms with E-state index in [1.807, 2.05) is 0 Å². The fraction of sp³-hybridized carbons (Fsp3) is 0.500. The van der Waals surface area contributed by atoms with Gasteiger partial charge in [0.05, 0.1) is 27.0 Å². The van der Waals surface area contributed by atoms with Crippen molar-refractivity contribution in [1.29, 1.82) is 0 Å². The lowest BCUT2D eigenvalue weighted by Gasteiger charge is -2.03. The first-order valence-corrected chi connectivity index (χ1v) is 5.85. The Kier molecular flexibility index (Phi) is 5.70. The molecule has 0 fully saturated rings. The standard InChI is InChI=1S/C12H16N2O6/c1-18-8(15)6-4-5-7-9(11(16)19-2)10(14-13-7)12(17)20-3/h4-6H2,1-3H3,(H,13,14). The van der Waals surface area contributed by atoms with E-state index in [0.29, 0.717) is 18.5 Å². The highest BCUT2D eigenvalue weighted by atomic mass is 16.5. The van der Waals surface area contributed by atoms with Gasteiger partial charge in [-0.25, -0.2) is 9.59 Å². The van der Waals surface area contributed by atoms with Gasteiger partial charge in [-0.1, -0.05) is 0 Å². The van der Waals surface area contributed by atoms with E-state index >= 15 is 0 Å². The van der Waals surface area contributed by atoms with Crippen molar-refractivity contribution in [3.05, 3.63) is 17.0 Å². The molecule has 0 unspecified atom stereocenters. The Balaban J connectivity index is 2.90. The van der Waals surface area contributed by atoms with Crippen LogP contribution in [0, 0.1) is 0 Å². The van der Waals surface area contributed by atoms with Gasteiger partial charge < -0.3 is 14.2 Å². The minimum absolute atomic E-state index is 0.0317. The van der Waals surface area contributed by atoms with E-state index < -0.39 is 11.9 Å². The Morgan fingerprint density at radius 1 is 1.05 bits per heavy atom. The van der Waals surface area contributed by atoms with Crippen LogP contribution in [-0.2, 0) is 25.4 Å². The number of aromatic nitrogens is 2. The van der Waals surface area contributed by atoms with E-state index in [4.69, 9.17) is 0 Å². The minimum atomic E-state index is -0.735. The zero-order chi connectivity index (χ0) is 15.1. The maximum Gasteiger partial charge on any atom is 0.359 e. The number of carbonyl (C=O) groups excluding carboxylic acids is 3. The number of hydrogen-bond acceptors (Lipinski definition) is 7. The van der Waals surface area contributed by atoms with Gasteiger partial charge in [-0.2, -0.15) is 5.10 Å². The molecule has 1 heterocycles. The first kappa shape index (κ1) is 15.7. The number of hydrogen-bond donors (Lipinski definition) is 1. The molecule has 0 saturated heterocycles. The van der Waals surface area contributed by atoms with Crippen LogP contribution in [-0.4, -0.2) is 49.4 Å². The zero-order valence-corrected chi connectivity index (χ0v) is 11.5. The summed E-state index contributed by atoms with van der Waals surface area (Å²) in [6.07, 6.45) is 0.993. The molecule has 20 heavy (non-hydrogen) atoms. The van der Waals surface area contributed by atoms with Crippen molar-refractivity contribution in [3.63, 3.8) is 0 Å². The Morgan fingerprint density at radius 3 is 2.25 bits per heavy atom. The van der Waals surface area contributed by atoms with E-state index in [9.17, 15) is 14.4 Å². The van der Waals surface area contributed by atoms with Gasteiger partial charge in [-0.15, -0.1) is 0 Å². The summed E-state index contributed by atoms with van der Waals surface area (Å²) in [5.74, 6) is -1.77. The predicted molar refractivity (Wildman–Crippen MR) is 66.2 cm³/mol. The third kappa shape index (κ3) is 3.56. The van der Waals surface area contributed by atoms with Crippen LogP contribution in [0.5, 0.6) is 0 Å². The van der Waals surface area contributed by atoms with Crippen molar-refractivity contribution < 1.29 is 28.6 Å². The molecule has 1 aromatic rings. The molecule has 1 aromatic heterocycles. The van der Waals surface area contributed by atoms with E-state index in [2.05, 4.69) is 24.4 Å². The average molecular weight is 284 g/mol. The van der Waals surface area contributed by atoms with Crippen molar-refractivity contribution in [3.8, 4) is 0 Å². The van der Waals surface area contributed by atoms with Gasteiger partial charge in [-0.3, -0.25) is 9.89 Å². The maximum atomic E-state index is 11.7. The molecular weight excluding hydrogens is 268 g/mol. The number of H-pyrrole nitrogens is 1. The molecule has 0 saturated carbocycles. The van der Waals surface area contributed by atoms with Gasteiger partial charge >= 0.3 is 17.9 Å². The number of rotatable bonds is 6. The van der Waals surface area contributed by atoms with Crippen molar-refractivity contribution in [1.82, 2.24) is 10.2 Å². The molecule has 0 spiro atoms. The molecule has 0 amide bonds.